The number of hydrogen-bond donors (Lipinski definition) is 0. The number of sulfonamides is 1. The Morgan fingerprint density at radius 1 is 1.03 bits per heavy atom. The predicted octanol–water partition coefficient (Wildman–Crippen LogP) is 3.90. The SMILES string of the molecule is CS(=O)(=O)N(CC(=O)N1CCN(c2ccccc2F)CC1)c1cc(Cl)c(Cl)cc1Cl. The van der Waals surface area contributed by atoms with Crippen LogP contribution >= 0.6 is 34.8 Å². The van der Waals surface area contributed by atoms with Crippen molar-refractivity contribution in [3.8, 4) is 0 Å². The molecule has 0 radical (unpaired) electrons. The van der Waals surface area contributed by atoms with Gasteiger partial charge in [0.15, 0.2) is 0 Å². The van der Waals surface area contributed by atoms with E-state index in [4.69, 9.17) is 34.8 Å². The van der Waals surface area contributed by atoms with Crippen molar-refractivity contribution in [3.63, 3.8) is 0 Å². The lowest BCUT2D eigenvalue weighted by Crippen LogP contribution is -2.52. The van der Waals surface area contributed by atoms with E-state index in [0.717, 1.165) is 10.6 Å². The second-order valence-corrected chi connectivity index (χ2v) is 9.94. The zero-order chi connectivity index (χ0) is 22.1. The van der Waals surface area contributed by atoms with Crippen molar-refractivity contribution < 1.29 is 17.6 Å². The molecule has 0 spiro atoms. The smallest absolute Gasteiger partial charge is 0.243 e. The number of benzene rings is 2. The van der Waals surface area contributed by atoms with Crippen LogP contribution in [0.25, 0.3) is 0 Å². The summed E-state index contributed by atoms with van der Waals surface area (Å²) >= 11 is 18.1. The highest BCUT2D eigenvalue weighted by molar-refractivity contribution is 7.92. The zero-order valence-corrected chi connectivity index (χ0v) is 19.1. The van der Waals surface area contributed by atoms with Gasteiger partial charge in [-0.05, 0) is 24.3 Å². The molecule has 1 amide bonds. The summed E-state index contributed by atoms with van der Waals surface area (Å²) in [6, 6.07) is 9.09. The van der Waals surface area contributed by atoms with Crippen molar-refractivity contribution in [2.45, 2.75) is 0 Å². The fourth-order valence-corrected chi connectivity index (χ4v) is 4.76. The number of nitrogens with zero attached hydrogens (tertiary/aromatic N) is 3. The molecule has 1 heterocycles. The van der Waals surface area contributed by atoms with Gasteiger partial charge in [-0.1, -0.05) is 46.9 Å². The molecule has 0 aromatic heterocycles. The number of hydrogen-bond acceptors (Lipinski definition) is 4. The van der Waals surface area contributed by atoms with Crippen LogP contribution in [0.3, 0.4) is 0 Å². The molecule has 1 saturated heterocycles. The van der Waals surface area contributed by atoms with Crippen LogP contribution in [0.4, 0.5) is 15.8 Å². The van der Waals surface area contributed by atoms with E-state index < -0.39 is 22.5 Å². The third-order valence-electron chi connectivity index (χ3n) is 4.76. The maximum atomic E-state index is 14.0. The second-order valence-electron chi connectivity index (χ2n) is 6.81. The van der Waals surface area contributed by atoms with Crippen molar-refractivity contribution in [1.29, 1.82) is 0 Å². The Hall–Kier alpha value is -1.74. The molecule has 0 unspecified atom stereocenters. The number of halogens is 4. The molecule has 162 valence electrons. The molecule has 11 heteroatoms. The van der Waals surface area contributed by atoms with E-state index in [1.807, 2.05) is 4.90 Å². The molecule has 0 N–H and O–H groups in total. The van der Waals surface area contributed by atoms with Gasteiger partial charge in [-0.15, -0.1) is 0 Å². The van der Waals surface area contributed by atoms with Crippen molar-refractivity contribution >= 4 is 62.1 Å². The molecule has 0 atom stereocenters. The minimum absolute atomic E-state index is 0.0620. The number of piperazine rings is 1. The first kappa shape index (κ1) is 22.9. The third kappa shape index (κ3) is 5.11. The molecule has 1 aliphatic rings. The number of amides is 1. The van der Waals surface area contributed by atoms with Gasteiger partial charge in [0, 0.05) is 26.2 Å². The highest BCUT2D eigenvalue weighted by Crippen LogP contribution is 2.35. The number of para-hydroxylation sites is 1. The molecule has 0 bridgehead atoms. The van der Waals surface area contributed by atoms with E-state index in [2.05, 4.69) is 0 Å². The molecular weight excluding hydrogens is 476 g/mol. The van der Waals surface area contributed by atoms with E-state index in [9.17, 15) is 17.6 Å². The van der Waals surface area contributed by atoms with Gasteiger partial charge in [-0.2, -0.15) is 0 Å². The molecule has 0 saturated carbocycles. The van der Waals surface area contributed by atoms with E-state index in [-0.39, 0.29) is 26.6 Å². The van der Waals surface area contributed by atoms with Crippen LogP contribution in [-0.2, 0) is 14.8 Å². The minimum Gasteiger partial charge on any atom is -0.366 e. The predicted molar refractivity (Wildman–Crippen MR) is 119 cm³/mol. The van der Waals surface area contributed by atoms with Crippen LogP contribution in [-0.4, -0.2) is 58.2 Å². The highest BCUT2D eigenvalue weighted by Gasteiger charge is 2.28. The lowest BCUT2D eigenvalue weighted by Gasteiger charge is -2.37. The Morgan fingerprint density at radius 3 is 2.23 bits per heavy atom. The molecule has 1 fully saturated rings. The standard InChI is InChI=1S/C19H19Cl3FN3O3S/c1-30(28,29)26(18-11-14(21)13(20)10-15(18)22)12-19(27)25-8-6-24(7-9-25)17-5-3-2-4-16(17)23/h2-5,10-11H,6-9,12H2,1H3. The van der Waals surface area contributed by atoms with Gasteiger partial charge in [0.05, 0.1) is 32.7 Å². The molecule has 2 aromatic carbocycles. The van der Waals surface area contributed by atoms with Crippen molar-refractivity contribution in [2.24, 2.45) is 0 Å². The Labute approximate surface area is 189 Å². The Morgan fingerprint density at radius 2 is 1.63 bits per heavy atom. The number of carbonyl (C=O) groups excluding carboxylic acids is 1. The zero-order valence-electron chi connectivity index (χ0n) is 16.0. The van der Waals surface area contributed by atoms with Gasteiger partial charge in [-0.25, -0.2) is 12.8 Å². The molecule has 0 aliphatic carbocycles. The molecule has 2 aromatic rings. The average molecular weight is 495 g/mol. The van der Waals surface area contributed by atoms with E-state index in [1.54, 1.807) is 23.1 Å². The van der Waals surface area contributed by atoms with E-state index >= 15 is 0 Å². The van der Waals surface area contributed by atoms with Crippen LogP contribution < -0.4 is 9.21 Å². The Kier molecular flexibility index (Phi) is 7.02. The van der Waals surface area contributed by atoms with Crippen molar-refractivity contribution in [2.75, 3.05) is 48.2 Å². The largest absolute Gasteiger partial charge is 0.366 e. The lowest BCUT2D eigenvalue weighted by atomic mass is 10.2. The van der Waals surface area contributed by atoms with Gasteiger partial charge >= 0.3 is 0 Å². The van der Waals surface area contributed by atoms with Crippen LogP contribution in [0, 0.1) is 5.82 Å². The van der Waals surface area contributed by atoms with Gasteiger partial charge in [0.1, 0.15) is 12.4 Å². The summed E-state index contributed by atoms with van der Waals surface area (Å²) < 4.78 is 39.6. The topological polar surface area (TPSA) is 60.9 Å². The van der Waals surface area contributed by atoms with E-state index in [0.29, 0.717) is 31.9 Å². The van der Waals surface area contributed by atoms with Gasteiger partial charge in [-0.3, -0.25) is 9.10 Å². The third-order valence-corrected chi connectivity index (χ3v) is 6.91. The second kappa shape index (κ2) is 9.18. The Balaban J connectivity index is 1.74. The van der Waals surface area contributed by atoms with Crippen LogP contribution in [0.5, 0.6) is 0 Å². The highest BCUT2D eigenvalue weighted by atomic mass is 35.5. The molecule has 3 rings (SSSR count). The monoisotopic (exact) mass is 493 g/mol. The number of rotatable bonds is 5. The van der Waals surface area contributed by atoms with Crippen molar-refractivity contribution in [1.82, 2.24) is 4.90 Å². The first-order valence-corrected chi connectivity index (χ1v) is 12.0. The lowest BCUT2D eigenvalue weighted by molar-refractivity contribution is -0.129. The van der Waals surface area contributed by atoms with Crippen LogP contribution in [0.15, 0.2) is 36.4 Å². The molecule has 30 heavy (non-hydrogen) atoms. The molecular formula is C19H19Cl3FN3O3S. The van der Waals surface area contributed by atoms with Gasteiger partial charge < -0.3 is 9.80 Å². The number of anilines is 2. The summed E-state index contributed by atoms with van der Waals surface area (Å²) in [4.78, 5) is 16.2. The maximum absolute atomic E-state index is 14.0. The maximum Gasteiger partial charge on any atom is 0.243 e. The molecule has 1 aliphatic heterocycles. The van der Waals surface area contributed by atoms with Gasteiger partial charge in [0.2, 0.25) is 15.9 Å². The molecule has 6 nitrogen and oxygen atoms in total. The summed E-state index contributed by atoms with van der Waals surface area (Å²) in [5, 5.41) is 0.358. The van der Waals surface area contributed by atoms with Crippen LogP contribution in [0.2, 0.25) is 15.1 Å². The first-order chi connectivity index (χ1) is 14.1. The fraction of sp³-hybridized carbons (Fsp3) is 0.316. The summed E-state index contributed by atoms with van der Waals surface area (Å²) in [5.41, 5.74) is 0.553. The Bertz CT molecular complexity index is 1060. The number of carbonyl (C=O) groups is 1. The first-order valence-electron chi connectivity index (χ1n) is 8.97. The normalized spacial score (nSPS) is 14.7. The van der Waals surface area contributed by atoms with Gasteiger partial charge in [0.25, 0.3) is 0 Å². The summed E-state index contributed by atoms with van der Waals surface area (Å²) in [7, 11) is -3.82. The summed E-state index contributed by atoms with van der Waals surface area (Å²) in [5.74, 6) is -0.717. The summed E-state index contributed by atoms with van der Waals surface area (Å²) in [6.07, 6.45) is 0.981. The van der Waals surface area contributed by atoms with E-state index in [1.165, 1.54) is 18.2 Å². The quantitative estimate of drug-likeness (QED) is 0.592. The minimum atomic E-state index is -3.82. The van der Waals surface area contributed by atoms with Crippen molar-refractivity contribution in [3.05, 3.63) is 57.3 Å². The average Bonchev–Trinajstić information content (AvgIpc) is 2.69. The van der Waals surface area contributed by atoms with Crippen LogP contribution in [0.1, 0.15) is 0 Å². The fourth-order valence-electron chi connectivity index (χ4n) is 3.21. The summed E-state index contributed by atoms with van der Waals surface area (Å²) in [6.45, 7) is 1.09.